The molecule has 0 aliphatic carbocycles. The Morgan fingerprint density at radius 3 is 2.71 bits per heavy atom. The number of rotatable bonds is 7. The number of guanidine groups is 1. The van der Waals surface area contributed by atoms with Crippen molar-refractivity contribution in [3.05, 3.63) is 48.0 Å². The summed E-state index contributed by atoms with van der Waals surface area (Å²) in [5.74, 6) is 1.93. The van der Waals surface area contributed by atoms with E-state index in [1.54, 1.807) is 6.33 Å². The highest BCUT2D eigenvalue weighted by Crippen LogP contribution is 2.10. The molecule has 0 bridgehead atoms. The van der Waals surface area contributed by atoms with Crippen molar-refractivity contribution in [3.63, 3.8) is 0 Å². The highest BCUT2D eigenvalue weighted by atomic mass is 127. The lowest BCUT2D eigenvalue weighted by molar-refractivity contribution is 0.108. The summed E-state index contributed by atoms with van der Waals surface area (Å²) in [5, 5.41) is 21.4. The molecule has 0 spiro atoms. The van der Waals surface area contributed by atoms with Gasteiger partial charge in [-0.05, 0) is 24.8 Å². The molecular weight excluding hydrogens is 467 g/mol. The molecule has 0 amide bonds. The van der Waals surface area contributed by atoms with Gasteiger partial charge in [0.05, 0.1) is 6.10 Å². The number of nitrogens with one attached hydrogen (secondary N) is 1. The van der Waals surface area contributed by atoms with E-state index in [1.165, 1.54) is 5.56 Å². The zero-order chi connectivity index (χ0) is 18.9. The van der Waals surface area contributed by atoms with Crippen LogP contribution >= 0.6 is 24.0 Å². The maximum absolute atomic E-state index is 9.79. The van der Waals surface area contributed by atoms with Gasteiger partial charge in [0.2, 0.25) is 0 Å². The van der Waals surface area contributed by atoms with Gasteiger partial charge in [0.15, 0.2) is 5.96 Å². The van der Waals surface area contributed by atoms with Gasteiger partial charge in [-0.2, -0.15) is 0 Å². The Kier molecular flexibility index (Phi) is 9.69. The Morgan fingerprint density at radius 2 is 2.00 bits per heavy atom. The van der Waals surface area contributed by atoms with E-state index in [0.29, 0.717) is 0 Å². The first-order chi connectivity index (χ1) is 13.3. The summed E-state index contributed by atoms with van der Waals surface area (Å²) in [6.45, 7) is 6.09. The second-order valence-electron chi connectivity index (χ2n) is 6.88. The average molecular weight is 498 g/mol. The standard InChI is InChI=1S/C20H30N6O.HI/c1-2-19-24-23-16-26(19)15-12-22-20(25-13-9-18(27)10-14-25)21-11-8-17-6-4-3-5-7-17;/h3-7,16,18,27H,2,8-15H2,1H3,(H,21,22);1H. The molecule has 1 aromatic carbocycles. The van der Waals surface area contributed by atoms with Crippen molar-refractivity contribution in [1.29, 1.82) is 0 Å². The molecule has 2 heterocycles. The van der Waals surface area contributed by atoms with E-state index in [-0.39, 0.29) is 30.1 Å². The molecule has 1 aromatic heterocycles. The number of aliphatic hydroxyl groups is 1. The van der Waals surface area contributed by atoms with Crippen LogP contribution in [0.25, 0.3) is 0 Å². The average Bonchev–Trinajstić information content (AvgIpc) is 3.16. The van der Waals surface area contributed by atoms with E-state index >= 15 is 0 Å². The van der Waals surface area contributed by atoms with E-state index in [9.17, 15) is 5.11 Å². The fourth-order valence-corrected chi connectivity index (χ4v) is 3.31. The number of aliphatic imine (C=N–C) groups is 1. The van der Waals surface area contributed by atoms with Crippen LogP contribution in [0, 0.1) is 0 Å². The second-order valence-corrected chi connectivity index (χ2v) is 6.88. The van der Waals surface area contributed by atoms with E-state index in [4.69, 9.17) is 4.99 Å². The maximum atomic E-state index is 9.79. The molecule has 2 N–H and O–H groups in total. The van der Waals surface area contributed by atoms with Crippen LogP contribution in [0.2, 0.25) is 0 Å². The SMILES string of the molecule is CCc1nncn1CCNC(=NCCc1ccccc1)N1CCC(O)CC1.I. The Bertz CT molecular complexity index is 712. The van der Waals surface area contributed by atoms with Crippen molar-refractivity contribution in [1.82, 2.24) is 25.0 Å². The lowest BCUT2D eigenvalue weighted by Gasteiger charge is -2.32. The monoisotopic (exact) mass is 498 g/mol. The third kappa shape index (κ3) is 6.73. The first-order valence-corrected chi connectivity index (χ1v) is 9.88. The fraction of sp³-hybridized carbons (Fsp3) is 0.550. The topological polar surface area (TPSA) is 78.6 Å². The number of nitrogens with zero attached hydrogens (tertiary/aromatic N) is 5. The predicted octanol–water partition coefficient (Wildman–Crippen LogP) is 2.10. The Hall–Kier alpha value is -1.68. The summed E-state index contributed by atoms with van der Waals surface area (Å²) < 4.78 is 2.08. The van der Waals surface area contributed by atoms with Gasteiger partial charge in [-0.3, -0.25) is 4.99 Å². The molecule has 1 aliphatic heterocycles. The number of benzene rings is 1. The first kappa shape index (κ1) is 22.6. The molecule has 1 fully saturated rings. The summed E-state index contributed by atoms with van der Waals surface area (Å²) in [5.41, 5.74) is 1.30. The summed E-state index contributed by atoms with van der Waals surface area (Å²) >= 11 is 0. The zero-order valence-electron chi connectivity index (χ0n) is 16.5. The first-order valence-electron chi connectivity index (χ1n) is 9.88. The maximum Gasteiger partial charge on any atom is 0.193 e. The minimum Gasteiger partial charge on any atom is -0.393 e. The number of hydrogen-bond donors (Lipinski definition) is 2. The molecule has 2 aromatic rings. The summed E-state index contributed by atoms with van der Waals surface area (Å²) in [6.07, 6.45) is 4.99. The fourth-order valence-electron chi connectivity index (χ4n) is 3.31. The van der Waals surface area contributed by atoms with Crippen molar-refractivity contribution < 1.29 is 5.11 Å². The number of piperidine rings is 1. The molecule has 1 saturated heterocycles. The molecule has 28 heavy (non-hydrogen) atoms. The number of aliphatic hydroxyl groups excluding tert-OH is 1. The smallest absolute Gasteiger partial charge is 0.193 e. The molecule has 8 heteroatoms. The van der Waals surface area contributed by atoms with Crippen LogP contribution in [0.5, 0.6) is 0 Å². The van der Waals surface area contributed by atoms with Gasteiger partial charge in [-0.25, -0.2) is 0 Å². The van der Waals surface area contributed by atoms with Crippen LogP contribution in [0.4, 0.5) is 0 Å². The molecule has 1 aliphatic rings. The van der Waals surface area contributed by atoms with Crippen LogP contribution in [0.15, 0.2) is 41.7 Å². The zero-order valence-corrected chi connectivity index (χ0v) is 18.8. The van der Waals surface area contributed by atoms with Crippen molar-refractivity contribution >= 4 is 29.9 Å². The normalized spacial score (nSPS) is 15.4. The van der Waals surface area contributed by atoms with Crippen LogP contribution in [-0.4, -0.2) is 63.0 Å². The van der Waals surface area contributed by atoms with Crippen LogP contribution in [0.3, 0.4) is 0 Å². The van der Waals surface area contributed by atoms with E-state index in [0.717, 1.165) is 70.2 Å². The quantitative estimate of drug-likeness (QED) is 0.348. The molecule has 0 unspecified atom stereocenters. The Labute approximate surface area is 184 Å². The van der Waals surface area contributed by atoms with Crippen molar-refractivity contribution in [2.45, 2.75) is 45.3 Å². The van der Waals surface area contributed by atoms with Gasteiger partial charge < -0.3 is 19.9 Å². The lowest BCUT2D eigenvalue weighted by atomic mass is 10.1. The van der Waals surface area contributed by atoms with Gasteiger partial charge in [0.1, 0.15) is 12.2 Å². The molecule has 0 saturated carbocycles. The number of aromatic nitrogens is 3. The van der Waals surface area contributed by atoms with Crippen molar-refractivity contribution in [2.24, 2.45) is 4.99 Å². The molecule has 7 nitrogen and oxygen atoms in total. The molecule has 154 valence electrons. The van der Waals surface area contributed by atoms with E-state index < -0.39 is 0 Å². The van der Waals surface area contributed by atoms with Crippen LogP contribution < -0.4 is 5.32 Å². The second kappa shape index (κ2) is 12.0. The number of halogens is 1. The minimum absolute atomic E-state index is 0. The predicted molar refractivity (Wildman–Crippen MR) is 122 cm³/mol. The molecule has 0 atom stereocenters. The number of hydrogen-bond acceptors (Lipinski definition) is 4. The van der Waals surface area contributed by atoms with Gasteiger partial charge >= 0.3 is 0 Å². The van der Waals surface area contributed by atoms with Gasteiger partial charge in [-0.15, -0.1) is 34.2 Å². The number of aryl methyl sites for hydroxylation is 1. The highest BCUT2D eigenvalue weighted by Gasteiger charge is 2.19. The third-order valence-corrected chi connectivity index (χ3v) is 4.92. The molecule has 3 rings (SSSR count). The Morgan fingerprint density at radius 1 is 1.25 bits per heavy atom. The largest absolute Gasteiger partial charge is 0.393 e. The van der Waals surface area contributed by atoms with E-state index in [2.05, 4.69) is 56.2 Å². The van der Waals surface area contributed by atoms with Crippen LogP contribution in [0.1, 0.15) is 31.2 Å². The lowest BCUT2D eigenvalue weighted by Crippen LogP contribution is -2.47. The summed E-state index contributed by atoms with van der Waals surface area (Å²) in [4.78, 5) is 7.09. The van der Waals surface area contributed by atoms with Crippen LogP contribution in [-0.2, 0) is 19.4 Å². The van der Waals surface area contributed by atoms with Gasteiger partial charge in [-0.1, -0.05) is 37.3 Å². The van der Waals surface area contributed by atoms with Gasteiger partial charge in [0.25, 0.3) is 0 Å². The van der Waals surface area contributed by atoms with Crippen molar-refractivity contribution in [2.75, 3.05) is 26.2 Å². The highest BCUT2D eigenvalue weighted by molar-refractivity contribution is 14.0. The Balaban J connectivity index is 0.00000280. The third-order valence-electron chi connectivity index (χ3n) is 4.92. The number of likely N-dealkylation sites (tertiary alicyclic amines) is 1. The summed E-state index contributed by atoms with van der Waals surface area (Å²) in [6, 6.07) is 10.4. The van der Waals surface area contributed by atoms with E-state index in [1.807, 2.05) is 6.07 Å². The summed E-state index contributed by atoms with van der Waals surface area (Å²) in [7, 11) is 0. The minimum atomic E-state index is -0.184. The molecular formula is C20H31IN6O. The molecule has 0 radical (unpaired) electrons. The van der Waals surface area contributed by atoms with Crippen molar-refractivity contribution in [3.8, 4) is 0 Å². The van der Waals surface area contributed by atoms with Gasteiger partial charge in [0, 0.05) is 39.1 Å².